The molecule has 0 unspecified atom stereocenters. The number of fused-ring (bicyclic) bond motifs is 2. The van der Waals surface area contributed by atoms with Gasteiger partial charge < -0.3 is 37.9 Å². The molecule has 0 saturated carbocycles. The lowest BCUT2D eigenvalue weighted by atomic mass is 10.5. The van der Waals surface area contributed by atoms with Gasteiger partial charge in [0, 0.05) is 0 Å². The first-order valence-corrected chi connectivity index (χ1v) is 5.92. The standard InChI is InChI=1S/2C5H5N5O.2HI.3H2O/c2*6-5-9-3-2(4(11)10-5)7-1-8-3;;;;;/h2*1H,(H4,6,7,8,9,10,11);2*1H;3*1H2. The van der Waals surface area contributed by atoms with E-state index in [1.807, 2.05) is 0 Å². The summed E-state index contributed by atoms with van der Waals surface area (Å²) in [6.45, 7) is 0. The topological polar surface area (TPSA) is 295 Å². The van der Waals surface area contributed by atoms with Gasteiger partial charge in [0.15, 0.2) is 22.3 Å². The summed E-state index contributed by atoms with van der Waals surface area (Å²) in [5.74, 6) is 0.157. The molecule has 4 rings (SSSR count). The molecule has 14 N–H and O–H groups in total. The quantitative estimate of drug-likeness (QED) is 0.113. The van der Waals surface area contributed by atoms with Crippen molar-refractivity contribution in [2.75, 3.05) is 11.5 Å². The van der Waals surface area contributed by atoms with Gasteiger partial charge in [-0.3, -0.25) is 19.6 Å². The van der Waals surface area contributed by atoms with Crippen molar-refractivity contribution in [2.45, 2.75) is 0 Å². The van der Waals surface area contributed by atoms with Crippen LogP contribution < -0.4 is 22.6 Å². The van der Waals surface area contributed by atoms with Crippen molar-refractivity contribution in [2.24, 2.45) is 0 Å². The number of hydrogen-bond acceptors (Lipinski definition) is 8. The fourth-order valence-electron chi connectivity index (χ4n) is 1.72. The van der Waals surface area contributed by atoms with E-state index in [1.165, 1.54) is 12.7 Å². The number of aromatic nitrogens is 8. The monoisotopic (exact) mass is 612 g/mol. The van der Waals surface area contributed by atoms with Crippen molar-refractivity contribution in [3.8, 4) is 0 Å². The zero-order valence-corrected chi connectivity index (χ0v) is 17.9. The molecule has 17 heteroatoms. The molecule has 0 amide bonds. The first-order chi connectivity index (χ1) is 10.5. The van der Waals surface area contributed by atoms with Crippen LogP contribution in [0, 0.1) is 0 Å². The van der Waals surface area contributed by atoms with E-state index in [9.17, 15) is 9.59 Å². The number of hydrogen-bond donors (Lipinski definition) is 6. The van der Waals surface area contributed by atoms with Gasteiger partial charge in [-0.15, -0.1) is 48.0 Å². The van der Waals surface area contributed by atoms with Crippen LogP contribution in [0.25, 0.3) is 22.3 Å². The highest BCUT2D eigenvalue weighted by atomic mass is 127. The molecule has 4 heterocycles. The van der Waals surface area contributed by atoms with Gasteiger partial charge in [-0.1, -0.05) is 0 Å². The Labute approximate surface area is 182 Å². The second-order valence-corrected chi connectivity index (χ2v) is 4.10. The van der Waals surface area contributed by atoms with Gasteiger partial charge >= 0.3 is 0 Å². The van der Waals surface area contributed by atoms with Gasteiger partial charge in [0.25, 0.3) is 11.1 Å². The van der Waals surface area contributed by atoms with Crippen LogP contribution in [0.15, 0.2) is 22.2 Å². The summed E-state index contributed by atoms with van der Waals surface area (Å²) >= 11 is 0. The Balaban J connectivity index is -0.000000360. The SMILES string of the molecule is I.I.Nc1nc2nc[nH]c2c(=O)[nH]1.Nc1nc2nc[nH]c2c(=O)[nH]1.O.O.O. The molecule has 27 heavy (non-hydrogen) atoms. The molecule has 0 aliphatic rings. The normalized spacial score (nSPS) is 8.59. The molecule has 0 spiro atoms. The van der Waals surface area contributed by atoms with Crippen LogP contribution in [0.1, 0.15) is 0 Å². The zero-order valence-electron chi connectivity index (χ0n) is 13.2. The number of imidazole rings is 2. The Morgan fingerprint density at radius 1 is 0.704 bits per heavy atom. The third-order valence-electron chi connectivity index (χ3n) is 2.63. The minimum Gasteiger partial charge on any atom is -0.412 e. The summed E-state index contributed by atoms with van der Waals surface area (Å²) in [6.07, 6.45) is 2.79. The number of nitrogens with zero attached hydrogens (tertiary/aromatic N) is 4. The number of halogens is 2. The second-order valence-electron chi connectivity index (χ2n) is 4.10. The maximum absolute atomic E-state index is 11.0. The fraction of sp³-hybridized carbons (Fsp3) is 0. The number of H-pyrrole nitrogens is 4. The molecule has 0 aromatic carbocycles. The molecule has 0 aliphatic heterocycles. The average Bonchev–Trinajstić information content (AvgIpc) is 3.07. The van der Waals surface area contributed by atoms with Crippen molar-refractivity contribution in [3.05, 3.63) is 33.4 Å². The molecule has 4 aromatic rings. The Morgan fingerprint density at radius 2 is 1.04 bits per heavy atom. The van der Waals surface area contributed by atoms with Crippen molar-refractivity contribution >= 4 is 82.2 Å². The Morgan fingerprint density at radius 3 is 1.37 bits per heavy atom. The van der Waals surface area contributed by atoms with E-state index in [-0.39, 0.29) is 87.4 Å². The summed E-state index contributed by atoms with van der Waals surface area (Å²) in [5, 5.41) is 0. The fourth-order valence-corrected chi connectivity index (χ4v) is 1.72. The average molecular weight is 612 g/mol. The van der Waals surface area contributed by atoms with Gasteiger partial charge in [-0.05, 0) is 0 Å². The number of anilines is 2. The maximum Gasteiger partial charge on any atom is 0.278 e. The van der Waals surface area contributed by atoms with Gasteiger partial charge in [0.2, 0.25) is 11.9 Å². The lowest BCUT2D eigenvalue weighted by Gasteiger charge is -1.89. The molecule has 0 fully saturated rings. The lowest BCUT2D eigenvalue weighted by Crippen LogP contribution is -2.10. The Kier molecular flexibility index (Phi) is 13.2. The lowest BCUT2D eigenvalue weighted by molar-refractivity contribution is 0.823. The highest BCUT2D eigenvalue weighted by molar-refractivity contribution is 14.0. The third kappa shape index (κ3) is 6.38. The molecule has 0 bridgehead atoms. The number of nitrogens with one attached hydrogen (secondary N) is 4. The van der Waals surface area contributed by atoms with Gasteiger partial charge in [-0.25, -0.2) is 9.97 Å². The van der Waals surface area contributed by atoms with Gasteiger partial charge in [-0.2, -0.15) is 9.97 Å². The number of rotatable bonds is 0. The van der Waals surface area contributed by atoms with Crippen LogP contribution >= 0.6 is 48.0 Å². The van der Waals surface area contributed by atoms with E-state index in [0.29, 0.717) is 22.3 Å². The van der Waals surface area contributed by atoms with E-state index in [0.717, 1.165) is 0 Å². The van der Waals surface area contributed by atoms with Crippen molar-refractivity contribution in [1.29, 1.82) is 0 Å². The Hall–Kier alpha value is -2.36. The van der Waals surface area contributed by atoms with Crippen LogP contribution in [0.2, 0.25) is 0 Å². The molecule has 15 nitrogen and oxygen atoms in total. The molecular weight excluding hydrogens is 594 g/mol. The van der Waals surface area contributed by atoms with Crippen LogP contribution in [0.5, 0.6) is 0 Å². The van der Waals surface area contributed by atoms with Crippen LogP contribution in [0.4, 0.5) is 11.9 Å². The first kappa shape index (κ1) is 29.4. The number of aromatic amines is 4. The first-order valence-electron chi connectivity index (χ1n) is 5.92. The number of nitrogens with two attached hydrogens (primary N) is 2. The van der Waals surface area contributed by atoms with E-state index in [4.69, 9.17) is 11.5 Å². The smallest absolute Gasteiger partial charge is 0.278 e. The molecule has 0 atom stereocenters. The van der Waals surface area contributed by atoms with E-state index in [2.05, 4.69) is 39.9 Å². The minimum absolute atomic E-state index is 0. The maximum atomic E-state index is 11.0. The zero-order chi connectivity index (χ0) is 15.7. The predicted molar refractivity (Wildman–Crippen MR) is 120 cm³/mol. The largest absolute Gasteiger partial charge is 0.412 e. The van der Waals surface area contributed by atoms with Gasteiger partial charge in [0.05, 0.1) is 12.7 Å². The molecular formula is C10H18I2N10O5. The van der Waals surface area contributed by atoms with Crippen molar-refractivity contribution < 1.29 is 16.4 Å². The summed E-state index contributed by atoms with van der Waals surface area (Å²) in [6, 6.07) is 0. The van der Waals surface area contributed by atoms with E-state index < -0.39 is 0 Å². The molecule has 0 aliphatic carbocycles. The molecule has 0 radical (unpaired) electrons. The molecule has 0 saturated heterocycles. The van der Waals surface area contributed by atoms with Crippen molar-refractivity contribution in [1.82, 2.24) is 39.9 Å². The summed E-state index contributed by atoms with van der Waals surface area (Å²) < 4.78 is 0. The van der Waals surface area contributed by atoms with Crippen molar-refractivity contribution in [3.63, 3.8) is 0 Å². The third-order valence-corrected chi connectivity index (χ3v) is 2.63. The highest BCUT2D eigenvalue weighted by Gasteiger charge is 2.02. The summed E-state index contributed by atoms with van der Waals surface area (Å²) in [7, 11) is 0. The van der Waals surface area contributed by atoms with Crippen LogP contribution in [-0.2, 0) is 0 Å². The summed E-state index contributed by atoms with van der Waals surface area (Å²) in [4.78, 5) is 47.1. The summed E-state index contributed by atoms with van der Waals surface area (Å²) in [5.41, 5.74) is 11.3. The molecule has 4 aromatic heterocycles. The van der Waals surface area contributed by atoms with Crippen LogP contribution in [-0.4, -0.2) is 56.3 Å². The van der Waals surface area contributed by atoms with E-state index >= 15 is 0 Å². The molecule has 152 valence electrons. The van der Waals surface area contributed by atoms with Gasteiger partial charge in [0.1, 0.15) is 0 Å². The second kappa shape index (κ2) is 12.1. The predicted octanol–water partition coefficient (Wildman–Crippen LogP) is -2.78. The Bertz CT molecular complexity index is 987. The number of nitrogen functional groups attached to an aromatic ring is 2. The van der Waals surface area contributed by atoms with E-state index in [1.54, 1.807) is 0 Å². The minimum atomic E-state index is -0.301. The van der Waals surface area contributed by atoms with Crippen LogP contribution in [0.3, 0.4) is 0 Å². The highest BCUT2D eigenvalue weighted by Crippen LogP contribution is 1.99.